The fraction of sp³-hybridized carbons (Fsp3) is 0.579. The van der Waals surface area contributed by atoms with Crippen molar-refractivity contribution >= 4 is 11.6 Å². The first-order chi connectivity index (χ1) is 12.1. The summed E-state index contributed by atoms with van der Waals surface area (Å²) in [5, 5.41) is 11.0. The topological polar surface area (TPSA) is 45.2 Å². The van der Waals surface area contributed by atoms with Crippen LogP contribution in [0.3, 0.4) is 0 Å². The van der Waals surface area contributed by atoms with E-state index in [2.05, 4.69) is 16.4 Å². The van der Waals surface area contributed by atoms with Gasteiger partial charge in [-0.1, -0.05) is 24.3 Å². The van der Waals surface area contributed by atoms with Gasteiger partial charge in [0.15, 0.2) is 11.5 Å². The Morgan fingerprint density at radius 2 is 2.08 bits per heavy atom. The molecule has 0 spiro atoms. The van der Waals surface area contributed by atoms with Crippen molar-refractivity contribution in [3.63, 3.8) is 0 Å². The minimum absolute atomic E-state index is 0.245. The number of aliphatic hydroxyl groups is 1. The first-order valence-electron chi connectivity index (χ1n) is 8.87. The highest BCUT2D eigenvalue weighted by molar-refractivity contribution is 6.32. The lowest BCUT2D eigenvalue weighted by atomic mass is 10.2. The molecule has 0 amide bonds. The normalized spacial score (nSPS) is 24.6. The summed E-state index contributed by atoms with van der Waals surface area (Å²) in [5.74, 6) is 1.17. The smallest absolute Gasteiger partial charge is 0.180 e. The van der Waals surface area contributed by atoms with E-state index in [0.717, 1.165) is 31.7 Å². The number of hydrogen-bond donors (Lipinski definition) is 1. The van der Waals surface area contributed by atoms with Crippen LogP contribution in [-0.2, 0) is 6.54 Å². The number of rotatable bonds is 7. The predicted molar refractivity (Wildman–Crippen MR) is 99.6 cm³/mol. The number of hydrogen-bond acceptors (Lipinski definition) is 5. The predicted octanol–water partition coefficient (Wildman–Crippen LogP) is 2.55. The lowest BCUT2D eigenvalue weighted by molar-refractivity contribution is 0.0978. The van der Waals surface area contributed by atoms with Gasteiger partial charge in [0.25, 0.3) is 0 Å². The van der Waals surface area contributed by atoms with Gasteiger partial charge in [0, 0.05) is 25.7 Å². The molecule has 3 rings (SSSR count). The summed E-state index contributed by atoms with van der Waals surface area (Å²) < 4.78 is 11.0. The average molecular weight is 367 g/mol. The van der Waals surface area contributed by atoms with Gasteiger partial charge in [-0.05, 0) is 43.6 Å². The molecule has 0 radical (unpaired) electrons. The Labute approximate surface area is 154 Å². The number of likely N-dealkylation sites (tertiary alicyclic amines) is 2. The zero-order chi connectivity index (χ0) is 17.8. The lowest BCUT2D eigenvalue weighted by Gasteiger charge is -2.25. The Hall–Kier alpha value is -1.27. The first kappa shape index (κ1) is 18.5. The molecule has 138 valence electrons. The van der Waals surface area contributed by atoms with Crippen LogP contribution >= 0.6 is 11.6 Å². The van der Waals surface area contributed by atoms with Gasteiger partial charge in [-0.25, -0.2) is 0 Å². The van der Waals surface area contributed by atoms with Gasteiger partial charge < -0.3 is 14.6 Å². The second-order valence-electron chi connectivity index (χ2n) is 6.78. The number of β-amino-alcohol motifs (C(OH)–C–C–N with tert-alkyl or cyclic N) is 1. The summed E-state index contributed by atoms with van der Waals surface area (Å²) >= 11 is 6.38. The molecule has 1 aromatic rings. The average Bonchev–Trinajstić information content (AvgIpc) is 3.23. The van der Waals surface area contributed by atoms with Crippen molar-refractivity contribution in [1.29, 1.82) is 0 Å². The van der Waals surface area contributed by atoms with Crippen LogP contribution < -0.4 is 9.47 Å². The Morgan fingerprint density at radius 3 is 2.76 bits per heavy atom. The summed E-state index contributed by atoms with van der Waals surface area (Å²) in [6.45, 7) is 8.54. The molecule has 2 fully saturated rings. The molecule has 2 atom stereocenters. The number of ether oxygens (including phenoxy) is 2. The molecule has 0 aliphatic carbocycles. The van der Waals surface area contributed by atoms with Gasteiger partial charge in [-0.2, -0.15) is 0 Å². The SMILES string of the molecule is C=CCOc1c(Cl)cc(CN2C[C@H](O)[C@@H](N3CCCC3)C2)cc1OC. The van der Waals surface area contributed by atoms with Gasteiger partial charge in [-0.3, -0.25) is 9.80 Å². The van der Waals surface area contributed by atoms with Crippen molar-refractivity contribution in [3.8, 4) is 11.5 Å². The van der Waals surface area contributed by atoms with E-state index in [9.17, 15) is 5.11 Å². The van der Waals surface area contributed by atoms with Crippen molar-refractivity contribution in [2.45, 2.75) is 31.5 Å². The quantitative estimate of drug-likeness (QED) is 0.751. The molecular formula is C19H27ClN2O3. The third-order valence-electron chi connectivity index (χ3n) is 4.99. The number of benzene rings is 1. The largest absolute Gasteiger partial charge is 0.493 e. The van der Waals surface area contributed by atoms with Crippen molar-refractivity contribution in [3.05, 3.63) is 35.4 Å². The van der Waals surface area contributed by atoms with Crippen LogP contribution in [0.1, 0.15) is 18.4 Å². The molecule has 6 heteroatoms. The maximum atomic E-state index is 10.4. The third kappa shape index (κ3) is 4.29. The summed E-state index contributed by atoms with van der Waals surface area (Å²) in [6.07, 6.45) is 3.86. The van der Waals surface area contributed by atoms with E-state index < -0.39 is 0 Å². The standard InChI is InChI=1S/C19H27ClN2O3/c1-3-8-25-19-15(20)9-14(10-18(19)24-2)11-21-12-16(17(23)13-21)22-6-4-5-7-22/h3,9-10,16-17,23H,1,4-8,11-13H2,2H3/t16-,17-/m0/s1. The van der Waals surface area contributed by atoms with Gasteiger partial charge in [-0.15, -0.1) is 0 Å². The van der Waals surface area contributed by atoms with E-state index in [1.807, 2.05) is 12.1 Å². The highest BCUT2D eigenvalue weighted by atomic mass is 35.5. The molecule has 2 heterocycles. The molecular weight excluding hydrogens is 340 g/mol. The van der Waals surface area contributed by atoms with Crippen LogP contribution in [-0.4, -0.2) is 66.9 Å². The molecule has 2 aliphatic rings. The molecule has 25 heavy (non-hydrogen) atoms. The van der Waals surface area contributed by atoms with E-state index in [1.54, 1.807) is 13.2 Å². The van der Waals surface area contributed by atoms with E-state index >= 15 is 0 Å². The van der Waals surface area contributed by atoms with Crippen LogP contribution in [0.2, 0.25) is 5.02 Å². The highest BCUT2D eigenvalue weighted by Gasteiger charge is 2.36. The van der Waals surface area contributed by atoms with Crippen molar-refractivity contribution in [2.24, 2.45) is 0 Å². The van der Waals surface area contributed by atoms with Gasteiger partial charge in [0.1, 0.15) is 6.61 Å². The van der Waals surface area contributed by atoms with Crippen LogP contribution in [0, 0.1) is 0 Å². The molecule has 0 aromatic heterocycles. The number of halogens is 1. The zero-order valence-corrected chi connectivity index (χ0v) is 15.5. The summed E-state index contributed by atoms with van der Waals surface area (Å²) in [7, 11) is 1.61. The van der Waals surface area contributed by atoms with Crippen molar-refractivity contribution in [2.75, 3.05) is 39.9 Å². The third-order valence-corrected chi connectivity index (χ3v) is 5.27. The van der Waals surface area contributed by atoms with Gasteiger partial charge in [0.05, 0.1) is 18.2 Å². The fourth-order valence-electron chi connectivity index (χ4n) is 3.81. The molecule has 0 bridgehead atoms. The summed E-state index contributed by atoms with van der Waals surface area (Å²) in [6, 6.07) is 4.12. The van der Waals surface area contributed by atoms with Gasteiger partial charge in [0.2, 0.25) is 0 Å². The Bertz CT molecular complexity index is 605. The summed E-state index contributed by atoms with van der Waals surface area (Å²) in [4.78, 5) is 4.70. The number of nitrogens with zero attached hydrogens (tertiary/aromatic N) is 2. The van der Waals surface area contributed by atoms with Crippen molar-refractivity contribution < 1.29 is 14.6 Å². The van der Waals surface area contributed by atoms with E-state index in [4.69, 9.17) is 21.1 Å². The molecule has 2 aliphatic heterocycles. The van der Waals surface area contributed by atoms with Crippen LogP contribution in [0.25, 0.3) is 0 Å². The first-order valence-corrected chi connectivity index (χ1v) is 9.24. The molecule has 0 unspecified atom stereocenters. The Kier molecular flexibility index (Phi) is 6.23. The Morgan fingerprint density at radius 1 is 1.32 bits per heavy atom. The second kappa shape index (κ2) is 8.41. The monoisotopic (exact) mass is 366 g/mol. The van der Waals surface area contributed by atoms with Crippen LogP contribution in [0.4, 0.5) is 0 Å². The second-order valence-corrected chi connectivity index (χ2v) is 7.19. The highest BCUT2D eigenvalue weighted by Crippen LogP contribution is 2.37. The van der Waals surface area contributed by atoms with E-state index in [0.29, 0.717) is 29.7 Å². The minimum atomic E-state index is -0.286. The lowest BCUT2D eigenvalue weighted by Crippen LogP contribution is -2.41. The van der Waals surface area contributed by atoms with Crippen molar-refractivity contribution in [1.82, 2.24) is 9.80 Å². The Balaban J connectivity index is 1.68. The molecule has 0 saturated carbocycles. The maximum Gasteiger partial charge on any atom is 0.180 e. The molecule has 5 nitrogen and oxygen atoms in total. The van der Waals surface area contributed by atoms with E-state index in [-0.39, 0.29) is 12.1 Å². The fourth-order valence-corrected chi connectivity index (χ4v) is 4.10. The minimum Gasteiger partial charge on any atom is -0.493 e. The molecule has 2 saturated heterocycles. The zero-order valence-electron chi connectivity index (χ0n) is 14.8. The van der Waals surface area contributed by atoms with Crippen LogP contribution in [0.5, 0.6) is 11.5 Å². The van der Waals surface area contributed by atoms with Gasteiger partial charge >= 0.3 is 0 Å². The number of methoxy groups -OCH3 is 1. The maximum absolute atomic E-state index is 10.4. The van der Waals surface area contributed by atoms with Crippen LogP contribution in [0.15, 0.2) is 24.8 Å². The molecule has 1 aromatic carbocycles. The van der Waals surface area contributed by atoms with E-state index in [1.165, 1.54) is 12.8 Å². The summed E-state index contributed by atoms with van der Waals surface area (Å²) in [5.41, 5.74) is 1.06. The molecule has 1 N–H and O–H groups in total. The number of aliphatic hydroxyl groups excluding tert-OH is 1.